The number of aryl methyl sites for hydroxylation is 2. The molecule has 0 aliphatic rings. The first-order chi connectivity index (χ1) is 9.52. The van der Waals surface area contributed by atoms with Crippen LogP contribution in [-0.4, -0.2) is 32.2 Å². The number of carbonyl (C=O) groups excluding carboxylic acids is 1. The fraction of sp³-hybridized carbons (Fsp3) is 0.385. The quantitative estimate of drug-likeness (QED) is 0.866. The lowest BCUT2D eigenvalue weighted by molar-refractivity contribution is 0.0954. The van der Waals surface area contributed by atoms with Crippen LogP contribution in [0.1, 0.15) is 35.1 Å². The van der Waals surface area contributed by atoms with Gasteiger partial charge in [0.2, 0.25) is 0 Å². The lowest BCUT2D eigenvalue weighted by atomic mass is 10.3. The van der Waals surface area contributed by atoms with Gasteiger partial charge in [-0.05, 0) is 26.3 Å². The second-order valence-electron chi connectivity index (χ2n) is 4.56. The molecule has 2 heterocycles. The maximum absolute atomic E-state index is 11.9. The molecule has 0 bridgehead atoms. The van der Waals surface area contributed by atoms with Crippen molar-refractivity contribution in [3.63, 3.8) is 0 Å². The van der Waals surface area contributed by atoms with Crippen LogP contribution in [0.5, 0.6) is 0 Å². The molecule has 7 nitrogen and oxygen atoms in total. The number of rotatable bonds is 4. The number of carbonyl (C=O) groups is 1. The van der Waals surface area contributed by atoms with Crippen molar-refractivity contribution >= 4 is 11.7 Å². The molecule has 0 aliphatic heterocycles. The number of hydrogen-bond donors (Lipinski definition) is 2. The Labute approximate surface area is 117 Å². The molecule has 0 radical (unpaired) electrons. The number of anilines is 1. The predicted molar refractivity (Wildman–Crippen MR) is 75.7 cm³/mol. The van der Waals surface area contributed by atoms with Crippen LogP contribution in [0.3, 0.4) is 0 Å². The molecule has 7 heteroatoms. The first kappa shape index (κ1) is 14.0. The van der Waals surface area contributed by atoms with Crippen molar-refractivity contribution in [1.82, 2.24) is 25.1 Å². The van der Waals surface area contributed by atoms with E-state index < -0.39 is 0 Å². The number of nitrogen functional groups attached to an aromatic ring is 1. The molecule has 1 amide bonds. The molecule has 0 unspecified atom stereocenters. The SMILES string of the molecule is CCCNC(=O)c1cnn(-c2nc(C)cc(C)n2)c1N. The summed E-state index contributed by atoms with van der Waals surface area (Å²) in [6, 6.07) is 1.86. The summed E-state index contributed by atoms with van der Waals surface area (Å²) in [4.78, 5) is 20.5. The largest absolute Gasteiger partial charge is 0.383 e. The van der Waals surface area contributed by atoms with Crippen LogP contribution in [0.2, 0.25) is 0 Å². The number of amides is 1. The fourth-order valence-electron chi connectivity index (χ4n) is 1.83. The van der Waals surface area contributed by atoms with Gasteiger partial charge in [-0.15, -0.1) is 0 Å². The molecular formula is C13H18N6O. The fourth-order valence-corrected chi connectivity index (χ4v) is 1.83. The van der Waals surface area contributed by atoms with Crippen LogP contribution >= 0.6 is 0 Å². The van der Waals surface area contributed by atoms with Crippen molar-refractivity contribution in [1.29, 1.82) is 0 Å². The molecular weight excluding hydrogens is 256 g/mol. The zero-order valence-electron chi connectivity index (χ0n) is 11.8. The van der Waals surface area contributed by atoms with Gasteiger partial charge in [-0.3, -0.25) is 4.79 Å². The highest BCUT2D eigenvalue weighted by Gasteiger charge is 2.17. The van der Waals surface area contributed by atoms with Crippen LogP contribution in [0.4, 0.5) is 5.82 Å². The molecule has 20 heavy (non-hydrogen) atoms. The Morgan fingerprint density at radius 2 is 2.00 bits per heavy atom. The van der Waals surface area contributed by atoms with Gasteiger partial charge in [-0.2, -0.15) is 9.78 Å². The van der Waals surface area contributed by atoms with Gasteiger partial charge < -0.3 is 11.1 Å². The summed E-state index contributed by atoms with van der Waals surface area (Å²) >= 11 is 0. The third kappa shape index (κ3) is 2.76. The highest BCUT2D eigenvalue weighted by atomic mass is 16.1. The normalized spacial score (nSPS) is 10.6. The maximum atomic E-state index is 11.9. The Balaban J connectivity index is 2.35. The number of nitrogens with zero attached hydrogens (tertiary/aromatic N) is 4. The first-order valence-corrected chi connectivity index (χ1v) is 6.47. The van der Waals surface area contributed by atoms with Crippen LogP contribution in [0.25, 0.3) is 5.95 Å². The maximum Gasteiger partial charge on any atom is 0.256 e. The molecule has 2 aromatic rings. The Morgan fingerprint density at radius 3 is 2.60 bits per heavy atom. The highest BCUT2D eigenvalue weighted by molar-refractivity contribution is 5.98. The zero-order valence-corrected chi connectivity index (χ0v) is 11.8. The molecule has 0 aliphatic carbocycles. The van der Waals surface area contributed by atoms with Crippen molar-refractivity contribution in [3.8, 4) is 5.95 Å². The average molecular weight is 274 g/mol. The number of aromatic nitrogens is 4. The Bertz CT molecular complexity index is 614. The van der Waals surface area contributed by atoms with Crippen molar-refractivity contribution in [2.45, 2.75) is 27.2 Å². The van der Waals surface area contributed by atoms with Crippen molar-refractivity contribution in [3.05, 3.63) is 29.2 Å². The molecule has 2 rings (SSSR count). The van der Waals surface area contributed by atoms with Crippen LogP contribution < -0.4 is 11.1 Å². The predicted octanol–water partition coefficient (Wildman–Crippen LogP) is 1.00. The Morgan fingerprint density at radius 1 is 1.35 bits per heavy atom. The molecule has 0 saturated carbocycles. The standard InChI is InChI=1S/C13H18N6O/c1-4-5-15-12(20)10-7-16-19(11(10)14)13-17-8(2)6-9(3)18-13/h6-7H,4-5,14H2,1-3H3,(H,15,20). The smallest absolute Gasteiger partial charge is 0.256 e. The Hall–Kier alpha value is -2.44. The third-order valence-electron chi connectivity index (χ3n) is 2.75. The minimum Gasteiger partial charge on any atom is -0.383 e. The highest BCUT2D eigenvalue weighted by Crippen LogP contribution is 2.15. The number of hydrogen-bond acceptors (Lipinski definition) is 5. The topological polar surface area (TPSA) is 98.7 Å². The minimum absolute atomic E-state index is 0.236. The summed E-state index contributed by atoms with van der Waals surface area (Å²) in [6.07, 6.45) is 2.29. The van der Waals surface area contributed by atoms with E-state index in [-0.39, 0.29) is 11.7 Å². The van der Waals surface area contributed by atoms with Gasteiger partial charge in [0.25, 0.3) is 11.9 Å². The van der Waals surface area contributed by atoms with Gasteiger partial charge in [-0.25, -0.2) is 9.97 Å². The first-order valence-electron chi connectivity index (χ1n) is 6.47. The summed E-state index contributed by atoms with van der Waals surface area (Å²) in [5.41, 5.74) is 7.94. The lowest BCUT2D eigenvalue weighted by Crippen LogP contribution is -2.24. The van der Waals surface area contributed by atoms with Crippen LogP contribution in [-0.2, 0) is 0 Å². The summed E-state index contributed by atoms with van der Waals surface area (Å²) in [5.74, 6) is 0.373. The molecule has 3 N–H and O–H groups in total. The molecule has 0 atom stereocenters. The lowest BCUT2D eigenvalue weighted by Gasteiger charge is -2.06. The van der Waals surface area contributed by atoms with Crippen molar-refractivity contribution in [2.75, 3.05) is 12.3 Å². The van der Waals surface area contributed by atoms with Crippen LogP contribution in [0, 0.1) is 13.8 Å². The zero-order chi connectivity index (χ0) is 14.7. The van der Waals surface area contributed by atoms with Gasteiger partial charge >= 0.3 is 0 Å². The summed E-state index contributed by atoms with van der Waals surface area (Å²) in [7, 11) is 0. The average Bonchev–Trinajstić information content (AvgIpc) is 2.76. The van der Waals surface area contributed by atoms with E-state index in [0.29, 0.717) is 18.1 Å². The van der Waals surface area contributed by atoms with Crippen molar-refractivity contribution in [2.24, 2.45) is 0 Å². The van der Waals surface area contributed by atoms with E-state index in [1.165, 1.54) is 10.9 Å². The van der Waals surface area contributed by atoms with Gasteiger partial charge in [0.05, 0.1) is 6.20 Å². The van der Waals surface area contributed by atoms with E-state index in [1.807, 2.05) is 26.8 Å². The molecule has 0 spiro atoms. The van der Waals surface area contributed by atoms with E-state index >= 15 is 0 Å². The van der Waals surface area contributed by atoms with E-state index in [4.69, 9.17) is 5.73 Å². The Kier molecular flexibility index (Phi) is 3.97. The third-order valence-corrected chi connectivity index (χ3v) is 2.75. The van der Waals surface area contributed by atoms with Gasteiger partial charge in [0.1, 0.15) is 11.4 Å². The number of nitrogens with two attached hydrogens (primary N) is 1. The number of nitrogens with one attached hydrogen (secondary N) is 1. The van der Waals surface area contributed by atoms with E-state index in [9.17, 15) is 4.79 Å². The van der Waals surface area contributed by atoms with Crippen molar-refractivity contribution < 1.29 is 4.79 Å². The summed E-state index contributed by atoms with van der Waals surface area (Å²) in [5, 5.41) is 6.87. The van der Waals surface area contributed by atoms with E-state index in [0.717, 1.165) is 17.8 Å². The summed E-state index contributed by atoms with van der Waals surface area (Å²) in [6.45, 7) is 6.32. The minimum atomic E-state index is -0.236. The molecule has 2 aromatic heterocycles. The molecule has 0 aromatic carbocycles. The van der Waals surface area contributed by atoms with Gasteiger partial charge in [0.15, 0.2) is 0 Å². The van der Waals surface area contributed by atoms with Gasteiger partial charge in [-0.1, -0.05) is 6.92 Å². The molecule has 0 fully saturated rings. The molecule has 106 valence electrons. The van der Waals surface area contributed by atoms with E-state index in [1.54, 1.807) is 0 Å². The summed E-state index contributed by atoms with van der Waals surface area (Å²) < 4.78 is 1.38. The van der Waals surface area contributed by atoms with Gasteiger partial charge in [0, 0.05) is 17.9 Å². The second-order valence-corrected chi connectivity index (χ2v) is 4.56. The van der Waals surface area contributed by atoms with E-state index in [2.05, 4.69) is 20.4 Å². The second kappa shape index (κ2) is 5.68. The monoisotopic (exact) mass is 274 g/mol. The van der Waals surface area contributed by atoms with Crippen LogP contribution in [0.15, 0.2) is 12.3 Å². The molecule has 0 saturated heterocycles.